The summed E-state index contributed by atoms with van der Waals surface area (Å²) in [5.41, 5.74) is 6.39. The van der Waals surface area contributed by atoms with E-state index in [1.165, 1.54) is 11.8 Å². The third kappa shape index (κ3) is 2.33. The molecule has 2 rings (SSSR count). The maximum absolute atomic E-state index is 8.69. The number of pyridine rings is 1. The molecule has 0 saturated carbocycles. The fraction of sp³-hybridized carbons (Fsp3) is 0.300. The summed E-state index contributed by atoms with van der Waals surface area (Å²) in [6.45, 7) is 1.97. The van der Waals surface area contributed by atoms with Gasteiger partial charge in [-0.2, -0.15) is 0 Å². The molecule has 0 amide bonds. The van der Waals surface area contributed by atoms with Gasteiger partial charge in [0.1, 0.15) is 0 Å². The van der Waals surface area contributed by atoms with E-state index in [4.69, 9.17) is 10.9 Å². The lowest BCUT2D eigenvalue weighted by molar-refractivity contribution is 0.317. The smallest absolute Gasteiger partial charge is 0.196 e. The van der Waals surface area contributed by atoms with E-state index in [1.807, 2.05) is 35.7 Å². The van der Waals surface area contributed by atoms with Gasteiger partial charge in [-0.1, -0.05) is 29.9 Å². The highest BCUT2D eigenvalue weighted by Gasteiger charge is 2.17. The van der Waals surface area contributed by atoms with Crippen LogP contribution in [0.25, 0.3) is 5.65 Å². The highest BCUT2D eigenvalue weighted by Crippen LogP contribution is 2.24. The van der Waals surface area contributed by atoms with Gasteiger partial charge in [-0.15, -0.1) is 10.2 Å². The van der Waals surface area contributed by atoms with Crippen LogP contribution in [-0.2, 0) is 0 Å². The Labute approximate surface area is 103 Å². The summed E-state index contributed by atoms with van der Waals surface area (Å²) in [5, 5.41) is 20.5. The lowest BCUT2D eigenvalue weighted by Gasteiger charge is -2.10. The minimum Gasteiger partial charge on any atom is -0.409 e. The number of hydrogen-bond donors (Lipinski definition) is 2. The van der Waals surface area contributed by atoms with E-state index in [0.717, 1.165) is 17.2 Å². The quantitative estimate of drug-likeness (QED) is 0.281. The molecule has 7 heteroatoms. The fourth-order valence-electron chi connectivity index (χ4n) is 1.44. The molecule has 2 aromatic rings. The van der Waals surface area contributed by atoms with Crippen molar-refractivity contribution in [3.05, 3.63) is 24.4 Å². The first-order valence-corrected chi connectivity index (χ1v) is 6.08. The van der Waals surface area contributed by atoms with Crippen molar-refractivity contribution in [1.29, 1.82) is 0 Å². The van der Waals surface area contributed by atoms with Gasteiger partial charge in [0.05, 0.1) is 5.25 Å². The zero-order valence-corrected chi connectivity index (χ0v) is 10.1. The van der Waals surface area contributed by atoms with Crippen molar-refractivity contribution in [2.75, 3.05) is 0 Å². The molecule has 0 aliphatic carbocycles. The molecule has 3 N–H and O–H groups in total. The Hall–Kier alpha value is -1.76. The zero-order chi connectivity index (χ0) is 12.3. The standard InChI is InChI=1S/C10H13N5OS/c1-2-7(9(11)14-16)17-10-13-12-8-5-3-4-6-15(8)10/h3-7,16H,2H2,1H3,(H2,11,14). The monoisotopic (exact) mass is 251 g/mol. The fourth-order valence-corrected chi connectivity index (χ4v) is 2.39. The molecule has 0 fully saturated rings. The van der Waals surface area contributed by atoms with Gasteiger partial charge in [0.2, 0.25) is 0 Å². The van der Waals surface area contributed by atoms with Gasteiger partial charge in [0.15, 0.2) is 16.6 Å². The largest absolute Gasteiger partial charge is 0.409 e. The van der Waals surface area contributed by atoms with Crippen LogP contribution in [0.4, 0.5) is 0 Å². The van der Waals surface area contributed by atoms with Crippen LogP contribution < -0.4 is 5.73 Å². The molecule has 0 aliphatic rings. The normalized spacial score (nSPS) is 14.1. The first kappa shape index (κ1) is 11.7. The van der Waals surface area contributed by atoms with Crippen LogP contribution in [0.2, 0.25) is 0 Å². The van der Waals surface area contributed by atoms with E-state index in [0.29, 0.717) is 0 Å². The molecule has 0 bridgehead atoms. The predicted molar refractivity (Wildman–Crippen MR) is 66.3 cm³/mol. The van der Waals surface area contributed by atoms with Crippen LogP contribution in [0, 0.1) is 0 Å². The summed E-state index contributed by atoms with van der Waals surface area (Å²) in [6.07, 6.45) is 2.64. The molecule has 6 nitrogen and oxygen atoms in total. The van der Waals surface area contributed by atoms with Gasteiger partial charge in [0.25, 0.3) is 0 Å². The third-order valence-corrected chi connectivity index (χ3v) is 3.69. The lowest BCUT2D eigenvalue weighted by Crippen LogP contribution is -2.25. The highest BCUT2D eigenvalue weighted by molar-refractivity contribution is 8.00. The minimum absolute atomic E-state index is 0.104. The van der Waals surface area contributed by atoms with Crippen molar-refractivity contribution in [3.8, 4) is 0 Å². The van der Waals surface area contributed by atoms with Gasteiger partial charge in [-0.25, -0.2) is 0 Å². The van der Waals surface area contributed by atoms with E-state index in [9.17, 15) is 0 Å². The number of hydrogen-bond acceptors (Lipinski definition) is 5. The Bertz CT molecular complexity index is 538. The van der Waals surface area contributed by atoms with E-state index in [-0.39, 0.29) is 11.1 Å². The SMILES string of the molecule is CCC(Sc1nnc2ccccn12)C(N)=NO. The molecule has 1 unspecified atom stereocenters. The summed E-state index contributed by atoms with van der Waals surface area (Å²) in [5.74, 6) is 0.199. The summed E-state index contributed by atoms with van der Waals surface area (Å²) in [7, 11) is 0. The Morgan fingerprint density at radius 2 is 2.41 bits per heavy atom. The maximum Gasteiger partial charge on any atom is 0.196 e. The molecule has 1 atom stereocenters. The van der Waals surface area contributed by atoms with E-state index in [1.54, 1.807) is 0 Å². The van der Waals surface area contributed by atoms with Crippen LogP contribution in [0.5, 0.6) is 0 Å². The second kappa shape index (κ2) is 5.05. The number of fused-ring (bicyclic) bond motifs is 1. The van der Waals surface area contributed by atoms with Crippen LogP contribution in [-0.4, -0.2) is 30.9 Å². The average molecular weight is 251 g/mol. The summed E-state index contributed by atoms with van der Waals surface area (Å²) in [6, 6.07) is 5.69. The topological polar surface area (TPSA) is 88.8 Å². The van der Waals surface area contributed by atoms with Gasteiger partial charge in [-0.3, -0.25) is 4.40 Å². The number of oxime groups is 1. The molecule has 17 heavy (non-hydrogen) atoms. The second-order valence-corrected chi connectivity index (χ2v) is 4.62. The molecule has 0 spiro atoms. The first-order chi connectivity index (χ1) is 8.26. The predicted octanol–water partition coefficient (Wildman–Crippen LogP) is 1.35. The minimum atomic E-state index is -0.104. The highest BCUT2D eigenvalue weighted by atomic mass is 32.2. The molecule has 0 radical (unpaired) electrons. The third-order valence-electron chi connectivity index (χ3n) is 2.35. The van der Waals surface area contributed by atoms with E-state index < -0.39 is 0 Å². The zero-order valence-electron chi connectivity index (χ0n) is 9.32. The van der Waals surface area contributed by atoms with Gasteiger partial charge >= 0.3 is 0 Å². The van der Waals surface area contributed by atoms with Crippen molar-refractivity contribution in [2.24, 2.45) is 10.9 Å². The van der Waals surface area contributed by atoms with Gasteiger partial charge in [-0.05, 0) is 18.6 Å². The van der Waals surface area contributed by atoms with Crippen LogP contribution >= 0.6 is 11.8 Å². The number of amidine groups is 1. The number of aromatic nitrogens is 3. The molecular formula is C10H13N5OS. The van der Waals surface area contributed by atoms with Crippen LogP contribution in [0.3, 0.4) is 0 Å². The van der Waals surface area contributed by atoms with Crippen LogP contribution in [0.15, 0.2) is 34.7 Å². The average Bonchev–Trinajstić information content (AvgIpc) is 2.78. The van der Waals surface area contributed by atoms with Crippen molar-refractivity contribution < 1.29 is 5.21 Å². The number of rotatable bonds is 4. The lowest BCUT2D eigenvalue weighted by atomic mass is 10.3. The molecular weight excluding hydrogens is 238 g/mol. The van der Waals surface area contributed by atoms with Crippen molar-refractivity contribution in [1.82, 2.24) is 14.6 Å². The van der Waals surface area contributed by atoms with Crippen molar-refractivity contribution in [2.45, 2.75) is 23.8 Å². The van der Waals surface area contributed by atoms with Crippen molar-refractivity contribution in [3.63, 3.8) is 0 Å². The molecule has 2 aromatic heterocycles. The Kier molecular flexibility index (Phi) is 3.48. The first-order valence-electron chi connectivity index (χ1n) is 5.20. The van der Waals surface area contributed by atoms with Gasteiger partial charge in [0, 0.05) is 6.20 Å². The number of thioether (sulfide) groups is 1. The van der Waals surface area contributed by atoms with E-state index >= 15 is 0 Å². The van der Waals surface area contributed by atoms with E-state index in [2.05, 4.69) is 15.4 Å². The molecule has 90 valence electrons. The van der Waals surface area contributed by atoms with Crippen LogP contribution in [0.1, 0.15) is 13.3 Å². The van der Waals surface area contributed by atoms with Gasteiger partial charge < -0.3 is 10.9 Å². The Morgan fingerprint density at radius 1 is 1.59 bits per heavy atom. The Balaban J connectivity index is 2.29. The summed E-state index contributed by atoms with van der Waals surface area (Å²) >= 11 is 1.43. The summed E-state index contributed by atoms with van der Waals surface area (Å²) in [4.78, 5) is 0. The second-order valence-electron chi connectivity index (χ2n) is 3.45. The molecule has 0 saturated heterocycles. The number of nitrogens with two attached hydrogens (primary N) is 1. The molecule has 0 aliphatic heterocycles. The molecule has 0 aromatic carbocycles. The number of nitrogens with zero attached hydrogens (tertiary/aromatic N) is 4. The Morgan fingerprint density at radius 3 is 3.12 bits per heavy atom. The van der Waals surface area contributed by atoms with Crippen molar-refractivity contribution >= 4 is 23.2 Å². The maximum atomic E-state index is 8.69. The summed E-state index contributed by atoms with van der Waals surface area (Å²) < 4.78 is 1.87. The molecule has 2 heterocycles.